The van der Waals surface area contributed by atoms with Crippen LogP contribution in [0.1, 0.15) is 22.3 Å². The van der Waals surface area contributed by atoms with Crippen LogP contribution < -0.4 is 11.1 Å². The SMILES string of the molecule is CCc1nnsc1C(=O)Nc1ccc(N)cc1Cl. The Morgan fingerprint density at radius 3 is 3.00 bits per heavy atom. The quantitative estimate of drug-likeness (QED) is 0.848. The number of halogens is 1. The Morgan fingerprint density at radius 2 is 2.33 bits per heavy atom. The summed E-state index contributed by atoms with van der Waals surface area (Å²) >= 11 is 7.06. The maximum absolute atomic E-state index is 12.0. The summed E-state index contributed by atoms with van der Waals surface area (Å²) in [7, 11) is 0. The number of nitrogens with two attached hydrogens (primary N) is 1. The summed E-state index contributed by atoms with van der Waals surface area (Å²) in [5.74, 6) is -0.256. The van der Waals surface area contributed by atoms with E-state index in [0.29, 0.717) is 33.4 Å². The number of rotatable bonds is 3. The highest BCUT2D eigenvalue weighted by atomic mass is 35.5. The highest BCUT2D eigenvalue weighted by Crippen LogP contribution is 2.25. The third kappa shape index (κ3) is 2.60. The van der Waals surface area contributed by atoms with Gasteiger partial charge in [-0.1, -0.05) is 23.0 Å². The number of anilines is 2. The molecule has 0 aliphatic carbocycles. The predicted molar refractivity (Wildman–Crippen MR) is 73.1 cm³/mol. The van der Waals surface area contributed by atoms with Gasteiger partial charge in [0.2, 0.25) is 0 Å². The van der Waals surface area contributed by atoms with Gasteiger partial charge in [-0.05, 0) is 36.2 Å². The Morgan fingerprint density at radius 1 is 1.56 bits per heavy atom. The fourth-order valence-corrected chi connectivity index (χ4v) is 2.31. The van der Waals surface area contributed by atoms with Gasteiger partial charge >= 0.3 is 0 Å². The van der Waals surface area contributed by atoms with Crippen LogP contribution >= 0.6 is 23.1 Å². The highest BCUT2D eigenvalue weighted by Gasteiger charge is 2.16. The lowest BCUT2D eigenvalue weighted by Gasteiger charge is -2.06. The summed E-state index contributed by atoms with van der Waals surface area (Å²) < 4.78 is 3.77. The molecule has 7 heteroatoms. The van der Waals surface area contributed by atoms with Crippen molar-refractivity contribution < 1.29 is 4.79 Å². The molecular weight excluding hydrogens is 272 g/mol. The van der Waals surface area contributed by atoms with Crippen LogP contribution in [-0.4, -0.2) is 15.5 Å². The molecule has 2 rings (SSSR count). The summed E-state index contributed by atoms with van der Waals surface area (Å²) in [6.07, 6.45) is 0.661. The predicted octanol–water partition coefficient (Wildman–Crippen LogP) is 2.59. The summed E-state index contributed by atoms with van der Waals surface area (Å²) in [5.41, 5.74) is 7.34. The molecule has 18 heavy (non-hydrogen) atoms. The molecule has 0 unspecified atom stereocenters. The first-order chi connectivity index (χ1) is 8.61. The molecule has 94 valence electrons. The van der Waals surface area contributed by atoms with Gasteiger partial charge in [0.05, 0.1) is 16.4 Å². The van der Waals surface area contributed by atoms with Gasteiger partial charge < -0.3 is 11.1 Å². The number of aryl methyl sites for hydroxylation is 1. The maximum atomic E-state index is 12.0. The Kier molecular flexibility index (Phi) is 3.78. The van der Waals surface area contributed by atoms with Crippen molar-refractivity contribution in [3.8, 4) is 0 Å². The van der Waals surface area contributed by atoms with Crippen LogP contribution in [-0.2, 0) is 6.42 Å². The van der Waals surface area contributed by atoms with Gasteiger partial charge in [0.25, 0.3) is 5.91 Å². The first-order valence-corrected chi connectivity index (χ1v) is 6.44. The number of benzene rings is 1. The van der Waals surface area contributed by atoms with Crippen molar-refractivity contribution in [3.05, 3.63) is 33.8 Å². The lowest BCUT2D eigenvalue weighted by atomic mass is 10.2. The third-order valence-corrected chi connectivity index (χ3v) is 3.42. The zero-order valence-corrected chi connectivity index (χ0v) is 11.2. The Balaban J connectivity index is 2.21. The number of hydrogen-bond donors (Lipinski definition) is 2. The van der Waals surface area contributed by atoms with E-state index < -0.39 is 0 Å². The molecule has 0 bridgehead atoms. The van der Waals surface area contributed by atoms with E-state index in [2.05, 4.69) is 14.9 Å². The van der Waals surface area contributed by atoms with E-state index >= 15 is 0 Å². The molecule has 0 saturated carbocycles. The molecule has 0 radical (unpaired) electrons. The molecule has 0 fully saturated rings. The largest absolute Gasteiger partial charge is 0.399 e. The van der Waals surface area contributed by atoms with E-state index in [1.165, 1.54) is 0 Å². The lowest BCUT2D eigenvalue weighted by molar-refractivity contribution is 0.102. The molecule has 3 N–H and O–H groups in total. The second-order valence-corrected chi connectivity index (χ2v) is 4.76. The molecule has 5 nitrogen and oxygen atoms in total. The fraction of sp³-hybridized carbons (Fsp3) is 0.182. The number of hydrogen-bond acceptors (Lipinski definition) is 5. The van der Waals surface area contributed by atoms with E-state index in [9.17, 15) is 4.79 Å². The van der Waals surface area contributed by atoms with Crippen LogP contribution in [0.3, 0.4) is 0 Å². The molecular formula is C11H11ClN4OS. The smallest absolute Gasteiger partial charge is 0.269 e. The normalized spacial score (nSPS) is 10.3. The molecule has 0 aliphatic rings. The third-order valence-electron chi connectivity index (χ3n) is 2.34. The highest BCUT2D eigenvalue weighted by molar-refractivity contribution is 7.08. The Bertz CT molecular complexity index is 584. The van der Waals surface area contributed by atoms with Crippen LogP contribution in [0.2, 0.25) is 5.02 Å². The van der Waals surface area contributed by atoms with E-state index in [1.807, 2.05) is 6.92 Å². The number of amides is 1. The monoisotopic (exact) mass is 282 g/mol. The van der Waals surface area contributed by atoms with Gasteiger partial charge in [-0.25, -0.2) is 0 Å². The maximum Gasteiger partial charge on any atom is 0.269 e. The first kappa shape index (κ1) is 12.8. The molecule has 0 aliphatic heterocycles. The lowest BCUT2D eigenvalue weighted by Crippen LogP contribution is -2.12. The van der Waals surface area contributed by atoms with Crippen molar-refractivity contribution in [2.24, 2.45) is 0 Å². The number of carbonyl (C=O) groups is 1. The number of carbonyl (C=O) groups excluding carboxylic acids is 1. The van der Waals surface area contributed by atoms with Crippen molar-refractivity contribution in [1.29, 1.82) is 0 Å². The molecule has 1 amide bonds. The van der Waals surface area contributed by atoms with Crippen molar-refractivity contribution >= 4 is 40.4 Å². The summed E-state index contributed by atoms with van der Waals surface area (Å²) in [5, 5.41) is 7.01. The van der Waals surface area contributed by atoms with Crippen molar-refractivity contribution in [3.63, 3.8) is 0 Å². The Labute approximate surface area is 113 Å². The van der Waals surface area contributed by atoms with Crippen LogP contribution in [0.25, 0.3) is 0 Å². The zero-order chi connectivity index (χ0) is 13.1. The van der Waals surface area contributed by atoms with Gasteiger partial charge in [-0.3, -0.25) is 4.79 Å². The number of aromatic nitrogens is 2. The van der Waals surface area contributed by atoms with Gasteiger partial charge in [-0.2, -0.15) is 0 Å². The van der Waals surface area contributed by atoms with Gasteiger partial charge in [0.15, 0.2) is 0 Å². The molecule has 2 aromatic rings. The van der Waals surface area contributed by atoms with E-state index in [-0.39, 0.29) is 5.91 Å². The van der Waals surface area contributed by atoms with Crippen LogP contribution in [0.4, 0.5) is 11.4 Å². The second-order valence-electron chi connectivity index (χ2n) is 3.60. The fourth-order valence-electron chi connectivity index (χ4n) is 1.42. The van der Waals surface area contributed by atoms with E-state index in [0.717, 1.165) is 11.5 Å². The average Bonchev–Trinajstić information content (AvgIpc) is 2.81. The number of nitrogens with zero attached hydrogens (tertiary/aromatic N) is 2. The summed E-state index contributed by atoms with van der Waals surface area (Å²) in [4.78, 5) is 12.5. The average molecular weight is 283 g/mol. The summed E-state index contributed by atoms with van der Waals surface area (Å²) in [6.45, 7) is 1.92. The first-order valence-electron chi connectivity index (χ1n) is 5.29. The van der Waals surface area contributed by atoms with Gasteiger partial charge in [-0.15, -0.1) is 5.10 Å². The zero-order valence-electron chi connectivity index (χ0n) is 9.61. The topological polar surface area (TPSA) is 80.9 Å². The molecule has 1 aromatic heterocycles. The molecule has 0 atom stereocenters. The van der Waals surface area contributed by atoms with Crippen molar-refractivity contribution in [1.82, 2.24) is 9.59 Å². The minimum Gasteiger partial charge on any atom is -0.399 e. The van der Waals surface area contributed by atoms with Crippen molar-refractivity contribution in [2.45, 2.75) is 13.3 Å². The minimum atomic E-state index is -0.256. The van der Waals surface area contributed by atoms with E-state index in [4.69, 9.17) is 17.3 Å². The van der Waals surface area contributed by atoms with E-state index in [1.54, 1.807) is 18.2 Å². The molecule has 1 aromatic carbocycles. The van der Waals surface area contributed by atoms with Gasteiger partial charge in [0, 0.05) is 5.69 Å². The number of nitrogens with one attached hydrogen (secondary N) is 1. The molecule has 0 saturated heterocycles. The van der Waals surface area contributed by atoms with Crippen molar-refractivity contribution in [2.75, 3.05) is 11.1 Å². The Hall–Kier alpha value is -1.66. The van der Waals surface area contributed by atoms with Crippen LogP contribution in [0.5, 0.6) is 0 Å². The number of nitrogen functional groups attached to an aromatic ring is 1. The van der Waals surface area contributed by atoms with Crippen LogP contribution in [0, 0.1) is 0 Å². The second kappa shape index (κ2) is 5.32. The van der Waals surface area contributed by atoms with Gasteiger partial charge in [0.1, 0.15) is 4.88 Å². The molecule has 1 heterocycles. The summed E-state index contributed by atoms with van der Waals surface area (Å²) in [6, 6.07) is 4.92. The molecule has 0 spiro atoms. The standard InChI is InChI=1S/C11H11ClN4OS/c1-2-8-10(18-16-15-8)11(17)14-9-4-3-6(13)5-7(9)12/h3-5H,2,13H2,1H3,(H,14,17). The van der Waals surface area contributed by atoms with Crippen LogP contribution in [0.15, 0.2) is 18.2 Å². The minimum absolute atomic E-state index is 0.256.